The van der Waals surface area contributed by atoms with Crippen molar-refractivity contribution in [3.05, 3.63) is 51.4 Å². The molecule has 0 saturated carbocycles. The van der Waals surface area contributed by atoms with E-state index in [-0.39, 0.29) is 17.0 Å². The number of nitrogens with one attached hydrogen (secondary N) is 1. The van der Waals surface area contributed by atoms with Gasteiger partial charge in [0.2, 0.25) is 0 Å². The number of fused-ring (bicyclic) bond motifs is 2. The van der Waals surface area contributed by atoms with E-state index >= 15 is 0 Å². The van der Waals surface area contributed by atoms with E-state index in [1.807, 2.05) is 24.0 Å². The first-order valence-electron chi connectivity index (χ1n) is 11.3. The molecule has 7 nitrogen and oxygen atoms in total. The molecule has 1 amide bonds. The molecule has 3 aromatic rings. The van der Waals surface area contributed by atoms with Crippen molar-refractivity contribution in [2.75, 3.05) is 13.1 Å². The molecule has 0 unspecified atom stereocenters. The Morgan fingerprint density at radius 1 is 1.23 bits per heavy atom. The molecule has 0 aromatic carbocycles. The van der Waals surface area contributed by atoms with Crippen molar-refractivity contribution >= 4 is 22.6 Å². The molecule has 31 heavy (non-hydrogen) atoms. The summed E-state index contributed by atoms with van der Waals surface area (Å²) in [5, 5.41) is 9.24. The van der Waals surface area contributed by atoms with Crippen LogP contribution < -0.4 is 11.0 Å². The van der Waals surface area contributed by atoms with Crippen LogP contribution in [-0.2, 0) is 6.54 Å². The topological polar surface area (TPSA) is 83.5 Å². The second-order valence-corrected chi connectivity index (χ2v) is 8.78. The highest BCUT2D eigenvalue weighted by Crippen LogP contribution is 2.19. The van der Waals surface area contributed by atoms with E-state index in [4.69, 9.17) is 10.4 Å². The molecule has 7 heteroatoms. The van der Waals surface area contributed by atoms with Gasteiger partial charge in [-0.25, -0.2) is 4.98 Å². The lowest BCUT2D eigenvalue weighted by Crippen LogP contribution is -2.41. The molecule has 4 rings (SSSR count). The molecule has 1 saturated heterocycles. The number of amides is 1. The minimum absolute atomic E-state index is 0.150. The summed E-state index contributed by atoms with van der Waals surface area (Å²) in [7, 11) is 0. The Hall–Kier alpha value is -2.96. The molecule has 0 aliphatic carbocycles. The fourth-order valence-corrected chi connectivity index (χ4v) is 4.38. The summed E-state index contributed by atoms with van der Waals surface area (Å²) < 4.78 is 3.30. The third-order valence-electron chi connectivity index (χ3n) is 6.42. The van der Waals surface area contributed by atoms with Gasteiger partial charge < -0.3 is 9.47 Å². The summed E-state index contributed by atoms with van der Waals surface area (Å²) in [6.07, 6.45) is 6.58. The summed E-state index contributed by atoms with van der Waals surface area (Å²) in [6.45, 7) is 8.21. The van der Waals surface area contributed by atoms with Gasteiger partial charge in [0.05, 0.1) is 10.9 Å². The molecule has 3 aromatic heterocycles. The Morgan fingerprint density at radius 3 is 2.68 bits per heavy atom. The van der Waals surface area contributed by atoms with Crippen LogP contribution in [0.1, 0.15) is 61.9 Å². The molecule has 1 aliphatic heterocycles. The van der Waals surface area contributed by atoms with E-state index in [0.717, 1.165) is 37.7 Å². The molecular formula is C24H31N5O2. The van der Waals surface area contributed by atoms with E-state index in [0.29, 0.717) is 47.8 Å². The van der Waals surface area contributed by atoms with Crippen molar-refractivity contribution in [1.82, 2.24) is 18.9 Å². The van der Waals surface area contributed by atoms with E-state index in [9.17, 15) is 9.59 Å². The van der Waals surface area contributed by atoms with Gasteiger partial charge in [-0.05, 0) is 49.8 Å². The van der Waals surface area contributed by atoms with Crippen molar-refractivity contribution in [1.29, 1.82) is 5.41 Å². The fraction of sp³-hybridized carbons (Fsp3) is 0.500. The van der Waals surface area contributed by atoms with E-state index < -0.39 is 0 Å². The third kappa shape index (κ3) is 3.89. The first-order chi connectivity index (χ1) is 14.9. The van der Waals surface area contributed by atoms with E-state index in [1.54, 1.807) is 16.8 Å². The number of aromatic nitrogens is 3. The zero-order chi connectivity index (χ0) is 22.1. The lowest BCUT2D eigenvalue weighted by Gasteiger charge is -2.30. The smallest absolute Gasteiger partial charge is 0.267 e. The summed E-state index contributed by atoms with van der Waals surface area (Å²) in [5.74, 6) is 0.454. The summed E-state index contributed by atoms with van der Waals surface area (Å²) in [6, 6.07) is 5.34. The molecule has 4 heterocycles. The number of rotatable bonds is 5. The van der Waals surface area contributed by atoms with Gasteiger partial charge in [-0.3, -0.25) is 19.4 Å². The van der Waals surface area contributed by atoms with Crippen LogP contribution in [0.5, 0.6) is 0 Å². The van der Waals surface area contributed by atoms with Crippen LogP contribution in [0.3, 0.4) is 0 Å². The van der Waals surface area contributed by atoms with E-state index in [2.05, 4.69) is 13.8 Å². The van der Waals surface area contributed by atoms with Crippen molar-refractivity contribution in [3.8, 4) is 0 Å². The molecule has 1 aliphatic rings. The average Bonchev–Trinajstić information content (AvgIpc) is 2.76. The lowest BCUT2D eigenvalue weighted by atomic mass is 9.98. The fourth-order valence-electron chi connectivity index (χ4n) is 4.38. The predicted octanol–water partition coefficient (Wildman–Crippen LogP) is 3.50. The molecule has 0 bridgehead atoms. The minimum Gasteiger partial charge on any atom is -0.339 e. The van der Waals surface area contributed by atoms with Crippen LogP contribution in [0.2, 0.25) is 0 Å². The van der Waals surface area contributed by atoms with Crippen molar-refractivity contribution in [3.63, 3.8) is 0 Å². The van der Waals surface area contributed by atoms with Crippen LogP contribution in [0, 0.1) is 18.3 Å². The Morgan fingerprint density at radius 2 is 1.97 bits per heavy atom. The summed E-state index contributed by atoms with van der Waals surface area (Å²) in [4.78, 5) is 33.3. The Bertz CT molecular complexity index is 1250. The number of aryl methyl sites for hydroxylation is 2. The predicted molar refractivity (Wildman–Crippen MR) is 121 cm³/mol. The largest absolute Gasteiger partial charge is 0.339 e. The van der Waals surface area contributed by atoms with Gasteiger partial charge in [-0.2, -0.15) is 0 Å². The zero-order valence-corrected chi connectivity index (χ0v) is 18.6. The number of likely N-dealkylation sites (tertiary alicyclic amines) is 1. The standard InChI is InChI=1S/C24H31N5O2/c1-4-5-6-11-28-20(25)18(23(30)27-13-9-16(2)10-14-27)15-19-22(28)26-21-17(3)8-7-12-29(21)24(19)31/h7-8,12,15-16,25H,4-6,9-11,13-14H2,1-3H3. The Balaban J connectivity index is 1.93. The highest BCUT2D eigenvalue weighted by atomic mass is 16.2. The first-order valence-corrected chi connectivity index (χ1v) is 11.3. The van der Waals surface area contributed by atoms with Crippen molar-refractivity contribution in [2.45, 2.75) is 59.4 Å². The highest BCUT2D eigenvalue weighted by Gasteiger charge is 2.25. The quantitative estimate of drug-likeness (QED) is 0.506. The second kappa shape index (κ2) is 8.65. The Labute approximate surface area is 181 Å². The Kier molecular flexibility index (Phi) is 5.94. The summed E-state index contributed by atoms with van der Waals surface area (Å²) in [5.41, 5.74) is 2.23. The van der Waals surface area contributed by atoms with Gasteiger partial charge in [-0.15, -0.1) is 0 Å². The minimum atomic E-state index is -0.200. The number of piperidine rings is 1. The van der Waals surface area contributed by atoms with Gasteiger partial charge in [-0.1, -0.05) is 32.8 Å². The lowest BCUT2D eigenvalue weighted by molar-refractivity contribution is 0.0694. The zero-order valence-electron chi connectivity index (χ0n) is 18.6. The summed E-state index contributed by atoms with van der Waals surface area (Å²) >= 11 is 0. The first kappa shape index (κ1) is 21.3. The highest BCUT2D eigenvalue weighted by molar-refractivity contribution is 5.97. The number of nitrogens with zero attached hydrogens (tertiary/aromatic N) is 4. The number of carbonyl (C=O) groups is 1. The maximum Gasteiger partial charge on any atom is 0.267 e. The third-order valence-corrected chi connectivity index (χ3v) is 6.42. The molecule has 164 valence electrons. The monoisotopic (exact) mass is 421 g/mol. The van der Waals surface area contributed by atoms with Gasteiger partial charge in [0.1, 0.15) is 16.8 Å². The van der Waals surface area contributed by atoms with Crippen LogP contribution in [0.4, 0.5) is 0 Å². The SMILES string of the molecule is CCCCCn1c(=N)c(C(=O)N2CCC(C)CC2)cc2c(=O)n3cccc(C)c3nc21. The van der Waals surface area contributed by atoms with Crippen LogP contribution in [0.15, 0.2) is 29.2 Å². The van der Waals surface area contributed by atoms with Crippen LogP contribution in [-0.4, -0.2) is 37.8 Å². The normalized spacial score (nSPS) is 15.1. The molecule has 1 N–H and O–H groups in total. The molecule has 0 radical (unpaired) electrons. The molecule has 0 spiro atoms. The van der Waals surface area contributed by atoms with Gasteiger partial charge in [0.15, 0.2) is 0 Å². The number of carbonyl (C=O) groups excluding carboxylic acids is 1. The van der Waals surface area contributed by atoms with Gasteiger partial charge in [0.25, 0.3) is 11.5 Å². The second-order valence-electron chi connectivity index (χ2n) is 8.78. The molecule has 1 fully saturated rings. The molecular weight excluding hydrogens is 390 g/mol. The van der Waals surface area contributed by atoms with Gasteiger partial charge in [0, 0.05) is 25.8 Å². The average molecular weight is 422 g/mol. The van der Waals surface area contributed by atoms with Gasteiger partial charge >= 0.3 is 0 Å². The maximum atomic E-state index is 13.4. The van der Waals surface area contributed by atoms with Crippen LogP contribution in [0.25, 0.3) is 16.7 Å². The molecule has 0 atom stereocenters. The number of pyridine rings is 2. The van der Waals surface area contributed by atoms with E-state index in [1.165, 1.54) is 4.40 Å². The van der Waals surface area contributed by atoms with Crippen LogP contribution >= 0.6 is 0 Å². The number of hydrogen-bond acceptors (Lipinski definition) is 4. The van der Waals surface area contributed by atoms with Crippen molar-refractivity contribution in [2.24, 2.45) is 5.92 Å². The number of hydrogen-bond donors (Lipinski definition) is 1. The van der Waals surface area contributed by atoms with Crippen molar-refractivity contribution < 1.29 is 4.79 Å². The maximum absolute atomic E-state index is 13.4. The number of unbranched alkanes of at least 4 members (excludes halogenated alkanes) is 2.